The van der Waals surface area contributed by atoms with Crippen molar-refractivity contribution in [3.63, 3.8) is 0 Å². The van der Waals surface area contributed by atoms with Gasteiger partial charge in [-0.3, -0.25) is 9.48 Å². The van der Waals surface area contributed by atoms with E-state index in [0.29, 0.717) is 18.9 Å². The third kappa shape index (κ3) is 4.99. The van der Waals surface area contributed by atoms with E-state index >= 15 is 0 Å². The number of rotatable bonds is 7. The van der Waals surface area contributed by atoms with Gasteiger partial charge in [0.1, 0.15) is 5.75 Å². The maximum atomic E-state index is 13.4. The largest absolute Gasteiger partial charge is 0.497 e. The van der Waals surface area contributed by atoms with Crippen molar-refractivity contribution in [2.75, 3.05) is 32.6 Å². The number of nitrogens with zero attached hydrogens (tertiary/aromatic N) is 6. The van der Waals surface area contributed by atoms with Gasteiger partial charge in [-0.25, -0.2) is 9.97 Å². The van der Waals surface area contributed by atoms with Crippen LogP contribution in [0.15, 0.2) is 42.7 Å². The summed E-state index contributed by atoms with van der Waals surface area (Å²) in [5.74, 6) is 1.59. The van der Waals surface area contributed by atoms with Crippen LogP contribution >= 0.6 is 0 Å². The summed E-state index contributed by atoms with van der Waals surface area (Å²) in [5.41, 5.74) is 3.94. The van der Waals surface area contributed by atoms with Gasteiger partial charge in [0.25, 0.3) is 0 Å². The van der Waals surface area contributed by atoms with Crippen molar-refractivity contribution in [2.24, 2.45) is 0 Å². The number of anilines is 1. The molecular weight excluding hydrogens is 416 g/mol. The molecule has 0 saturated carbocycles. The number of amides is 1. The molecule has 8 nitrogen and oxygen atoms in total. The molecule has 2 aromatic heterocycles. The molecule has 0 radical (unpaired) electrons. The van der Waals surface area contributed by atoms with Crippen LogP contribution in [-0.2, 0) is 11.3 Å². The zero-order valence-corrected chi connectivity index (χ0v) is 19.9. The van der Waals surface area contributed by atoms with Gasteiger partial charge >= 0.3 is 0 Å². The zero-order chi connectivity index (χ0) is 23.4. The lowest BCUT2D eigenvalue weighted by Gasteiger charge is -2.36. The minimum absolute atomic E-state index is 0.0798. The van der Waals surface area contributed by atoms with Crippen LogP contribution in [0.1, 0.15) is 43.1 Å². The third-order valence-corrected chi connectivity index (χ3v) is 6.21. The lowest BCUT2D eigenvalue weighted by molar-refractivity contribution is -0.135. The molecule has 1 saturated heterocycles. The normalized spacial score (nSPS) is 16.0. The summed E-state index contributed by atoms with van der Waals surface area (Å²) in [6.07, 6.45) is 7.03. The van der Waals surface area contributed by atoms with Crippen molar-refractivity contribution in [3.8, 4) is 16.9 Å². The van der Waals surface area contributed by atoms with Crippen LogP contribution in [0, 0.1) is 6.92 Å². The number of piperidine rings is 1. The quantitative estimate of drug-likeness (QED) is 0.546. The molecule has 1 fully saturated rings. The maximum absolute atomic E-state index is 13.4. The summed E-state index contributed by atoms with van der Waals surface area (Å²) < 4.78 is 7.20. The van der Waals surface area contributed by atoms with Gasteiger partial charge in [-0.2, -0.15) is 5.10 Å². The van der Waals surface area contributed by atoms with E-state index in [9.17, 15) is 4.79 Å². The summed E-state index contributed by atoms with van der Waals surface area (Å²) in [4.78, 5) is 26.8. The zero-order valence-electron chi connectivity index (χ0n) is 19.9. The van der Waals surface area contributed by atoms with Crippen LogP contribution < -0.4 is 9.64 Å². The highest BCUT2D eigenvalue weighted by Gasteiger charge is 2.31. The van der Waals surface area contributed by atoms with E-state index in [0.717, 1.165) is 54.1 Å². The first kappa shape index (κ1) is 22.8. The van der Waals surface area contributed by atoms with E-state index in [1.807, 2.05) is 72.0 Å². The molecule has 4 rings (SSSR count). The van der Waals surface area contributed by atoms with Crippen molar-refractivity contribution in [1.29, 1.82) is 0 Å². The molecule has 1 atom stereocenters. The number of likely N-dealkylation sites (tertiary alicyclic amines) is 1. The highest BCUT2D eigenvalue weighted by atomic mass is 16.5. The van der Waals surface area contributed by atoms with Gasteiger partial charge in [0.2, 0.25) is 11.9 Å². The molecule has 8 heteroatoms. The first-order chi connectivity index (χ1) is 16.0. The average Bonchev–Trinajstić information content (AvgIpc) is 3.26. The van der Waals surface area contributed by atoms with E-state index < -0.39 is 0 Å². The van der Waals surface area contributed by atoms with Gasteiger partial charge < -0.3 is 14.5 Å². The Bertz CT molecular complexity index is 1090. The monoisotopic (exact) mass is 448 g/mol. The lowest BCUT2D eigenvalue weighted by Crippen LogP contribution is -2.39. The third-order valence-electron chi connectivity index (χ3n) is 6.21. The first-order valence-corrected chi connectivity index (χ1v) is 11.4. The van der Waals surface area contributed by atoms with Gasteiger partial charge in [0.15, 0.2) is 0 Å². The second-order valence-electron chi connectivity index (χ2n) is 8.64. The Labute approximate surface area is 195 Å². The lowest BCUT2D eigenvalue weighted by atomic mass is 9.93. The molecule has 1 amide bonds. The predicted molar refractivity (Wildman–Crippen MR) is 128 cm³/mol. The number of aryl methyl sites for hydroxylation is 2. The van der Waals surface area contributed by atoms with E-state index in [4.69, 9.17) is 9.72 Å². The van der Waals surface area contributed by atoms with Crippen molar-refractivity contribution >= 4 is 11.9 Å². The van der Waals surface area contributed by atoms with Crippen LogP contribution in [-0.4, -0.2) is 58.3 Å². The van der Waals surface area contributed by atoms with Crippen molar-refractivity contribution in [3.05, 3.63) is 54.1 Å². The minimum Gasteiger partial charge on any atom is -0.497 e. The summed E-state index contributed by atoms with van der Waals surface area (Å²) in [5, 5.41) is 4.32. The van der Waals surface area contributed by atoms with Gasteiger partial charge in [-0.05, 0) is 49.9 Å². The highest BCUT2D eigenvalue weighted by molar-refractivity contribution is 5.77. The molecule has 1 aliphatic heterocycles. The van der Waals surface area contributed by atoms with E-state index in [-0.39, 0.29) is 11.9 Å². The number of hydrogen-bond acceptors (Lipinski definition) is 6. The number of aromatic nitrogens is 4. The first-order valence-electron chi connectivity index (χ1n) is 11.4. The Morgan fingerprint density at radius 1 is 1.18 bits per heavy atom. The van der Waals surface area contributed by atoms with E-state index in [1.54, 1.807) is 13.3 Å². The fourth-order valence-corrected chi connectivity index (χ4v) is 4.34. The van der Waals surface area contributed by atoms with Crippen LogP contribution in [0.2, 0.25) is 0 Å². The molecule has 0 bridgehead atoms. The maximum Gasteiger partial charge on any atom is 0.225 e. The number of carbonyl (C=O) groups excluding carboxylic acids is 1. The molecule has 3 heterocycles. The summed E-state index contributed by atoms with van der Waals surface area (Å²) in [6, 6.07) is 9.80. The molecule has 0 N–H and O–H groups in total. The van der Waals surface area contributed by atoms with Gasteiger partial charge in [-0.15, -0.1) is 0 Å². The van der Waals surface area contributed by atoms with Crippen molar-refractivity contribution < 1.29 is 9.53 Å². The summed E-state index contributed by atoms with van der Waals surface area (Å²) in [7, 11) is 5.52. The Morgan fingerprint density at radius 2 is 1.97 bits per heavy atom. The van der Waals surface area contributed by atoms with Crippen LogP contribution in [0.3, 0.4) is 0 Å². The number of methoxy groups -OCH3 is 1. The standard InChI is InChI=1S/C25H32N6O2/c1-18-12-14-27-31(18)16-13-23(32)30-15-6-5-7-22(30)24-21(17-26-25(28-24)29(2)3)19-8-10-20(33-4)11-9-19/h8-12,14,17,22H,5-7,13,15-16H2,1-4H3/t22-/m0/s1. The molecule has 174 valence electrons. The second kappa shape index (κ2) is 10.0. The highest BCUT2D eigenvalue weighted by Crippen LogP contribution is 2.37. The number of hydrogen-bond donors (Lipinski definition) is 0. The summed E-state index contributed by atoms with van der Waals surface area (Å²) >= 11 is 0. The molecule has 1 aromatic carbocycles. The smallest absolute Gasteiger partial charge is 0.225 e. The number of ether oxygens (including phenoxy) is 1. The molecule has 33 heavy (non-hydrogen) atoms. The molecule has 0 aliphatic carbocycles. The van der Waals surface area contributed by atoms with Crippen LogP contribution in [0.4, 0.5) is 5.95 Å². The molecule has 0 unspecified atom stereocenters. The Morgan fingerprint density at radius 3 is 2.64 bits per heavy atom. The van der Waals surface area contributed by atoms with Gasteiger partial charge in [-0.1, -0.05) is 12.1 Å². The predicted octanol–water partition coefficient (Wildman–Crippen LogP) is 3.87. The van der Waals surface area contributed by atoms with Crippen molar-refractivity contribution in [2.45, 2.75) is 45.2 Å². The summed E-state index contributed by atoms with van der Waals surface area (Å²) in [6.45, 7) is 3.33. The fraction of sp³-hybridized carbons (Fsp3) is 0.440. The number of benzene rings is 1. The Hall–Kier alpha value is -3.42. The Balaban J connectivity index is 1.66. The van der Waals surface area contributed by atoms with Crippen LogP contribution in [0.5, 0.6) is 5.75 Å². The minimum atomic E-state index is -0.0798. The molecular formula is C25H32N6O2. The van der Waals surface area contributed by atoms with Gasteiger partial charge in [0, 0.05) is 57.3 Å². The van der Waals surface area contributed by atoms with Crippen molar-refractivity contribution in [1.82, 2.24) is 24.6 Å². The van der Waals surface area contributed by atoms with E-state index in [1.165, 1.54) is 0 Å². The van der Waals surface area contributed by atoms with E-state index in [2.05, 4.69) is 10.1 Å². The Kier molecular flexibility index (Phi) is 6.91. The molecule has 1 aliphatic rings. The fourth-order valence-electron chi connectivity index (χ4n) is 4.34. The number of carbonyl (C=O) groups is 1. The SMILES string of the molecule is COc1ccc(-c2cnc(N(C)C)nc2[C@@H]2CCCCN2C(=O)CCn2nccc2C)cc1. The average molecular weight is 449 g/mol. The molecule has 0 spiro atoms. The second-order valence-corrected chi connectivity index (χ2v) is 8.64. The van der Waals surface area contributed by atoms with Crippen LogP contribution in [0.25, 0.3) is 11.1 Å². The molecule has 3 aromatic rings. The topological polar surface area (TPSA) is 76.4 Å². The van der Waals surface area contributed by atoms with Gasteiger partial charge in [0.05, 0.1) is 18.8 Å².